The lowest BCUT2D eigenvalue weighted by Gasteiger charge is -2.38. The molecule has 0 bridgehead atoms. The summed E-state index contributed by atoms with van der Waals surface area (Å²) in [7, 11) is 5.56. The zero-order valence-corrected chi connectivity index (χ0v) is 11.6. The summed E-state index contributed by atoms with van der Waals surface area (Å²) in [5.41, 5.74) is -0.442. The van der Waals surface area contributed by atoms with E-state index in [9.17, 15) is 4.79 Å². The van der Waals surface area contributed by atoms with Crippen LogP contribution in [0.25, 0.3) is 0 Å². The van der Waals surface area contributed by atoms with Crippen LogP contribution in [0.3, 0.4) is 0 Å². The summed E-state index contributed by atoms with van der Waals surface area (Å²) < 4.78 is 4.98. The molecule has 2 unspecified atom stereocenters. The minimum absolute atomic E-state index is 0.0946. The summed E-state index contributed by atoms with van der Waals surface area (Å²) in [6.07, 6.45) is 4.11. The van der Waals surface area contributed by atoms with Crippen molar-refractivity contribution in [3.05, 3.63) is 0 Å². The molecule has 0 aromatic rings. The van der Waals surface area contributed by atoms with Gasteiger partial charge in [0.15, 0.2) is 0 Å². The van der Waals surface area contributed by atoms with Gasteiger partial charge in [0.2, 0.25) is 0 Å². The lowest BCUT2D eigenvalue weighted by Crippen LogP contribution is -2.56. The Labute approximate surface area is 105 Å². The quantitative estimate of drug-likeness (QED) is 0.737. The van der Waals surface area contributed by atoms with Crippen LogP contribution in [0, 0.1) is 5.92 Å². The Kier molecular flexibility index (Phi) is 5.40. The van der Waals surface area contributed by atoms with Gasteiger partial charge in [-0.1, -0.05) is 19.8 Å². The Balaban J connectivity index is 2.62. The van der Waals surface area contributed by atoms with Crippen molar-refractivity contribution >= 4 is 5.97 Å². The molecule has 2 atom stereocenters. The van der Waals surface area contributed by atoms with Crippen molar-refractivity contribution in [2.45, 2.75) is 38.1 Å². The van der Waals surface area contributed by atoms with Crippen LogP contribution in [0.5, 0.6) is 0 Å². The molecule has 1 N–H and O–H groups in total. The molecule has 0 saturated heterocycles. The van der Waals surface area contributed by atoms with Crippen molar-refractivity contribution in [3.8, 4) is 0 Å². The Bertz CT molecular complexity index is 256. The molecule has 0 aromatic carbocycles. The molecule has 0 radical (unpaired) electrons. The second-order valence-electron chi connectivity index (χ2n) is 5.51. The molecule has 0 spiro atoms. The zero-order chi connectivity index (χ0) is 12.9. The number of nitrogens with zero attached hydrogens (tertiary/aromatic N) is 1. The summed E-state index contributed by atoms with van der Waals surface area (Å²) in [6.45, 7) is 3.98. The first-order chi connectivity index (χ1) is 8.00. The lowest BCUT2D eigenvalue weighted by atomic mass is 9.76. The summed E-state index contributed by atoms with van der Waals surface area (Å²) >= 11 is 0. The van der Waals surface area contributed by atoms with Gasteiger partial charge in [0.25, 0.3) is 0 Å². The zero-order valence-electron chi connectivity index (χ0n) is 11.6. The summed E-state index contributed by atoms with van der Waals surface area (Å²) in [4.78, 5) is 14.1. The van der Waals surface area contributed by atoms with E-state index in [-0.39, 0.29) is 5.97 Å². The van der Waals surface area contributed by atoms with E-state index >= 15 is 0 Å². The number of hydrogen-bond donors (Lipinski definition) is 1. The third-order valence-corrected chi connectivity index (χ3v) is 3.60. The average Bonchev–Trinajstić information content (AvgIpc) is 2.27. The van der Waals surface area contributed by atoms with Crippen LogP contribution in [0.2, 0.25) is 0 Å². The number of likely N-dealkylation sites (N-methyl/N-ethyl adjacent to an activating group) is 1. The van der Waals surface area contributed by atoms with Crippen molar-refractivity contribution < 1.29 is 9.53 Å². The molecule has 1 aliphatic rings. The standard InChI is InChI=1S/C13H26N2O2/c1-11-6-5-7-13(10-11,12(16)17-4)14-8-9-15(2)3/h11,14H,5-10H2,1-4H3. The Hall–Kier alpha value is -0.610. The molecular weight excluding hydrogens is 216 g/mol. The molecule has 4 nitrogen and oxygen atoms in total. The first kappa shape index (κ1) is 14.5. The van der Waals surface area contributed by atoms with Crippen LogP contribution >= 0.6 is 0 Å². The van der Waals surface area contributed by atoms with Gasteiger partial charge in [-0.3, -0.25) is 4.79 Å². The van der Waals surface area contributed by atoms with Crippen molar-refractivity contribution in [3.63, 3.8) is 0 Å². The number of carbonyl (C=O) groups excluding carboxylic acids is 1. The fraction of sp³-hybridized carbons (Fsp3) is 0.923. The third kappa shape index (κ3) is 3.96. The number of rotatable bonds is 5. The highest BCUT2D eigenvalue weighted by molar-refractivity contribution is 5.80. The predicted molar refractivity (Wildman–Crippen MR) is 68.9 cm³/mol. The van der Waals surface area contributed by atoms with Gasteiger partial charge in [-0.05, 0) is 32.9 Å². The van der Waals surface area contributed by atoms with Crippen LogP contribution < -0.4 is 5.32 Å². The van der Waals surface area contributed by atoms with Gasteiger partial charge in [-0.25, -0.2) is 0 Å². The van der Waals surface area contributed by atoms with E-state index in [1.807, 2.05) is 14.1 Å². The highest BCUT2D eigenvalue weighted by Crippen LogP contribution is 2.33. The van der Waals surface area contributed by atoms with Gasteiger partial charge >= 0.3 is 5.97 Å². The van der Waals surface area contributed by atoms with E-state index in [2.05, 4.69) is 17.1 Å². The molecule has 100 valence electrons. The summed E-state index contributed by atoms with van der Waals surface area (Å²) in [6, 6.07) is 0. The number of ether oxygens (including phenoxy) is 1. The first-order valence-corrected chi connectivity index (χ1v) is 6.48. The van der Waals surface area contributed by atoms with Crippen molar-refractivity contribution in [2.24, 2.45) is 5.92 Å². The fourth-order valence-corrected chi connectivity index (χ4v) is 2.68. The van der Waals surface area contributed by atoms with E-state index in [0.29, 0.717) is 5.92 Å². The Morgan fingerprint density at radius 1 is 1.53 bits per heavy atom. The van der Waals surface area contributed by atoms with Crippen molar-refractivity contribution in [2.75, 3.05) is 34.3 Å². The normalized spacial score (nSPS) is 29.4. The Morgan fingerprint density at radius 2 is 2.24 bits per heavy atom. The van der Waals surface area contributed by atoms with Gasteiger partial charge in [0.05, 0.1) is 7.11 Å². The average molecular weight is 242 g/mol. The maximum Gasteiger partial charge on any atom is 0.326 e. The molecule has 0 aromatic heterocycles. The molecule has 1 fully saturated rings. The van der Waals surface area contributed by atoms with Gasteiger partial charge in [0.1, 0.15) is 5.54 Å². The highest BCUT2D eigenvalue weighted by Gasteiger charge is 2.42. The van der Waals surface area contributed by atoms with Crippen LogP contribution in [-0.4, -0.2) is 50.7 Å². The van der Waals surface area contributed by atoms with E-state index < -0.39 is 5.54 Å². The third-order valence-electron chi connectivity index (χ3n) is 3.60. The topological polar surface area (TPSA) is 41.6 Å². The minimum Gasteiger partial charge on any atom is -0.468 e. The SMILES string of the molecule is COC(=O)C1(NCCN(C)C)CCCC(C)C1. The molecule has 0 aliphatic heterocycles. The van der Waals surface area contributed by atoms with Crippen LogP contribution in [0.4, 0.5) is 0 Å². The van der Waals surface area contributed by atoms with Gasteiger partial charge < -0.3 is 15.0 Å². The lowest BCUT2D eigenvalue weighted by molar-refractivity contribution is -0.151. The Morgan fingerprint density at radius 3 is 2.76 bits per heavy atom. The van der Waals surface area contributed by atoms with Crippen LogP contribution in [0.15, 0.2) is 0 Å². The smallest absolute Gasteiger partial charge is 0.326 e. The molecule has 4 heteroatoms. The second kappa shape index (κ2) is 6.36. The first-order valence-electron chi connectivity index (χ1n) is 6.48. The maximum absolute atomic E-state index is 12.0. The van der Waals surface area contributed by atoms with Crippen molar-refractivity contribution in [1.29, 1.82) is 0 Å². The van der Waals surface area contributed by atoms with Gasteiger partial charge in [-0.15, -0.1) is 0 Å². The summed E-state index contributed by atoms with van der Waals surface area (Å²) in [5.74, 6) is 0.498. The predicted octanol–water partition coefficient (Wildman–Crippen LogP) is 1.26. The molecule has 1 saturated carbocycles. The highest BCUT2D eigenvalue weighted by atomic mass is 16.5. The van der Waals surface area contributed by atoms with Crippen LogP contribution in [0.1, 0.15) is 32.6 Å². The van der Waals surface area contributed by atoms with Crippen LogP contribution in [-0.2, 0) is 9.53 Å². The monoisotopic (exact) mass is 242 g/mol. The number of methoxy groups -OCH3 is 1. The molecule has 1 rings (SSSR count). The summed E-state index contributed by atoms with van der Waals surface area (Å²) in [5, 5.41) is 3.43. The molecule has 0 heterocycles. The molecule has 0 amide bonds. The largest absolute Gasteiger partial charge is 0.468 e. The number of carbonyl (C=O) groups is 1. The van der Waals surface area contributed by atoms with Gasteiger partial charge in [-0.2, -0.15) is 0 Å². The molecule has 1 aliphatic carbocycles. The van der Waals surface area contributed by atoms with E-state index in [0.717, 1.165) is 32.4 Å². The van der Waals surface area contributed by atoms with E-state index in [4.69, 9.17) is 4.74 Å². The maximum atomic E-state index is 12.0. The van der Waals surface area contributed by atoms with Crippen molar-refractivity contribution in [1.82, 2.24) is 10.2 Å². The number of hydrogen-bond acceptors (Lipinski definition) is 4. The van der Waals surface area contributed by atoms with Gasteiger partial charge in [0, 0.05) is 13.1 Å². The molecular formula is C13H26N2O2. The number of esters is 1. The van der Waals surface area contributed by atoms with E-state index in [1.165, 1.54) is 13.5 Å². The second-order valence-corrected chi connectivity index (χ2v) is 5.51. The van der Waals surface area contributed by atoms with E-state index in [1.54, 1.807) is 0 Å². The number of nitrogens with one attached hydrogen (secondary N) is 1. The molecule has 17 heavy (non-hydrogen) atoms. The minimum atomic E-state index is -0.442. The fourth-order valence-electron chi connectivity index (χ4n) is 2.68.